The predicted octanol–water partition coefficient (Wildman–Crippen LogP) is 3.24. The number of nitrogens with one attached hydrogen (secondary N) is 1. The summed E-state index contributed by atoms with van der Waals surface area (Å²) in [6, 6.07) is 12.4. The molecular formula is C14H9FN2OS. The zero-order chi connectivity index (χ0) is 13.8. The van der Waals surface area contributed by atoms with Crippen molar-refractivity contribution in [1.82, 2.24) is 0 Å². The molecule has 0 saturated heterocycles. The molecule has 0 saturated carbocycles. The van der Waals surface area contributed by atoms with Crippen LogP contribution in [-0.4, -0.2) is 5.91 Å². The number of carbonyl (C=O) groups excluding carboxylic acids is 1. The second-order valence-corrected chi connectivity index (χ2v) is 4.29. The minimum atomic E-state index is -0.480. The van der Waals surface area contributed by atoms with Gasteiger partial charge in [-0.2, -0.15) is 5.26 Å². The van der Waals surface area contributed by atoms with E-state index in [0.717, 1.165) is 0 Å². The van der Waals surface area contributed by atoms with Gasteiger partial charge in [0.2, 0.25) is 0 Å². The Hall–Kier alpha value is -2.32. The average molecular weight is 272 g/mol. The molecule has 0 radical (unpaired) electrons. The van der Waals surface area contributed by atoms with Crippen LogP contribution in [0.4, 0.5) is 10.1 Å². The van der Waals surface area contributed by atoms with Crippen molar-refractivity contribution in [2.75, 3.05) is 5.32 Å². The van der Waals surface area contributed by atoms with Crippen LogP contribution in [0.5, 0.6) is 0 Å². The number of anilines is 1. The SMILES string of the molecule is N#Cc1cccc(NC(=O)c2ccc(F)c(S)c2)c1. The molecule has 0 aromatic heterocycles. The zero-order valence-electron chi connectivity index (χ0n) is 9.72. The van der Waals surface area contributed by atoms with Gasteiger partial charge < -0.3 is 5.32 Å². The highest BCUT2D eigenvalue weighted by Gasteiger charge is 2.08. The summed E-state index contributed by atoms with van der Waals surface area (Å²) in [4.78, 5) is 12.0. The third-order valence-electron chi connectivity index (χ3n) is 2.46. The van der Waals surface area contributed by atoms with Crippen LogP contribution in [0.15, 0.2) is 47.4 Å². The number of amides is 1. The van der Waals surface area contributed by atoms with Gasteiger partial charge in [-0.3, -0.25) is 4.79 Å². The highest BCUT2D eigenvalue weighted by atomic mass is 32.1. The normalized spacial score (nSPS) is 9.74. The molecule has 1 amide bonds. The first-order valence-corrected chi connectivity index (χ1v) is 5.85. The largest absolute Gasteiger partial charge is 0.322 e. The van der Waals surface area contributed by atoms with Crippen molar-refractivity contribution in [3.05, 3.63) is 59.4 Å². The Kier molecular flexibility index (Phi) is 3.83. The van der Waals surface area contributed by atoms with Crippen molar-refractivity contribution in [3.63, 3.8) is 0 Å². The fourth-order valence-electron chi connectivity index (χ4n) is 1.52. The number of hydrogen-bond donors (Lipinski definition) is 2. The van der Waals surface area contributed by atoms with Crippen LogP contribution in [-0.2, 0) is 0 Å². The fraction of sp³-hybridized carbons (Fsp3) is 0. The first kappa shape index (κ1) is 13.1. The van der Waals surface area contributed by atoms with E-state index in [1.165, 1.54) is 18.2 Å². The van der Waals surface area contributed by atoms with Gasteiger partial charge in [0, 0.05) is 16.1 Å². The van der Waals surface area contributed by atoms with Crippen LogP contribution in [0, 0.1) is 17.1 Å². The first-order valence-electron chi connectivity index (χ1n) is 5.40. The van der Waals surface area contributed by atoms with Crippen LogP contribution in [0.1, 0.15) is 15.9 Å². The Bertz CT molecular complexity index is 679. The molecule has 0 unspecified atom stereocenters. The Balaban J connectivity index is 2.21. The number of nitrogens with zero attached hydrogens (tertiary/aromatic N) is 1. The molecule has 19 heavy (non-hydrogen) atoms. The molecule has 1 N–H and O–H groups in total. The molecule has 2 rings (SSSR count). The molecular weight excluding hydrogens is 263 g/mol. The maximum atomic E-state index is 13.0. The molecule has 0 aliphatic carbocycles. The molecule has 2 aromatic carbocycles. The summed E-state index contributed by atoms with van der Waals surface area (Å²) in [6.07, 6.45) is 0. The summed E-state index contributed by atoms with van der Waals surface area (Å²) >= 11 is 3.92. The lowest BCUT2D eigenvalue weighted by Crippen LogP contribution is -2.12. The van der Waals surface area contributed by atoms with Crippen LogP contribution >= 0.6 is 12.6 Å². The van der Waals surface area contributed by atoms with Gasteiger partial charge in [0.05, 0.1) is 11.6 Å². The van der Waals surface area contributed by atoms with Gasteiger partial charge in [0.1, 0.15) is 5.82 Å². The van der Waals surface area contributed by atoms with E-state index in [0.29, 0.717) is 16.8 Å². The molecule has 0 aliphatic rings. The standard InChI is InChI=1S/C14H9FN2OS/c15-12-5-4-10(7-13(12)19)14(18)17-11-3-1-2-9(6-11)8-16/h1-7,19H,(H,17,18). The summed E-state index contributed by atoms with van der Waals surface area (Å²) in [6.45, 7) is 0. The minimum Gasteiger partial charge on any atom is -0.322 e. The lowest BCUT2D eigenvalue weighted by molar-refractivity contribution is 0.102. The van der Waals surface area contributed by atoms with Gasteiger partial charge in [-0.15, -0.1) is 12.6 Å². The van der Waals surface area contributed by atoms with Crippen molar-refractivity contribution in [2.45, 2.75) is 4.90 Å². The predicted molar refractivity (Wildman–Crippen MR) is 72.8 cm³/mol. The Labute approximate surface area is 115 Å². The Morgan fingerprint density at radius 3 is 2.74 bits per heavy atom. The van der Waals surface area contributed by atoms with Crippen LogP contribution in [0.2, 0.25) is 0 Å². The molecule has 2 aromatic rings. The van der Waals surface area contributed by atoms with E-state index in [-0.39, 0.29) is 10.8 Å². The number of hydrogen-bond acceptors (Lipinski definition) is 3. The quantitative estimate of drug-likeness (QED) is 0.825. The molecule has 94 valence electrons. The van der Waals surface area contributed by atoms with E-state index in [2.05, 4.69) is 17.9 Å². The second-order valence-electron chi connectivity index (χ2n) is 3.81. The van der Waals surface area contributed by atoms with Crippen molar-refractivity contribution < 1.29 is 9.18 Å². The number of carbonyl (C=O) groups is 1. The van der Waals surface area contributed by atoms with Gasteiger partial charge in [-0.05, 0) is 36.4 Å². The number of rotatable bonds is 2. The zero-order valence-corrected chi connectivity index (χ0v) is 10.6. The summed E-state index contributed by atoms with van der Waals surface area (Å²) in [5, 5.41) is 11.4. The van der Waals surface area contributed by atoms with Crippen molar-refractivity contribution in [2.24, 2.45) is 0 Å². The van der Waals surface area contributed by atoms with Gasteiger partial charge in [0.15, 0.2) is 0 Å². The van der Waals surface area contributed by atoms with Crippen molar-refractivity contribution >= 4 is 24.2 Å². The number of halogens is 1. The fourth-order valence-corrected chi connectivity index (χ4v) is 1.74. The number of nitriles is 1. The minimum absolute atomic E-state index is 0.110. The molecule has 0 bridgehead atoms. The van der Waals surface area contributed by atoms with Crippen molar-refractivity contribution in [3.8, 4) is 6.07 Å². The maximum Gasteiger partial charge on any atom is 0.255 e. The Morgan fingerprint density at radius 1 is 1.26 bits per heavy atom. The molecule has 0 spiro atoms. The summed E-state index contributed by atoms with van der Waals surface area (Å²) in [7, 11) is 0. The smallest absolute Gasteiger partial charge is 0.255 e. The molecule has 0 atom stereocenters. The monoisotopic (exact) mass is 272 g/mol. The highest BCUT2D eigenvalue weighted by molar-refractivity contribution is 7.80. The Morgan fingerprint density at radius 2 is 2.05 bits per heavy atom. The third kappa shape index (κ3) is 3.12. The van der Waals surface area contributed by atoms with Gasteiger partial charge >= 0.3 is 0 Å². The van der Waals surface area contributed by atoms with E-state index in [9.17, 15) is 9.18 Å². The van der Waals surface area contributed by atoms with E-state index >= 15 is 0 Å². The lowest BCUT2D eigenvalue weighted by Gasteiger charge is -2.06. The van der Waals surface area contributed by atoms with Gasteiger partial charge in [0.25, 0.3) is 5.91 Å². The summed E-state index contributed by atoms with van der Waals surface area (Å²) < 4.78 is 13.0. The van der Waals surface area contributed by atoms with Crippen LogP contribution in [0.3, 0.4) is 0 Å². The summed E-state index contributed by atoms with van der Waals surface area (Å²) in [5.41, 5.74) is 1.26. The molecule has 3 nitrogen and oxygen atoms in total. The van der Waals surface area contributed by atoms with E-state index in [1.54, 1.807) is 24.3 Å². The molecule has 0 aliphatic heterocycles. The number of thiol groups is 1. The van der Waals surface area contributed by atoms with Gasteiger partial charge in [-0.1, -0.05) is 6.07 Å². The molecule has 5 heteroatoms. The topological polar surface area (TPSA) is 52.9 Å². The number of benzene rings is 2. The molecule has 0 fully saturated rings. The summed E-state index contributed by atoms with van der Waals surface area (Å²) in [5.74, 6) is -0.864. The average Bonchev–Trinajstić information content (AvgIpc) is 2.42. The van der Waals surface area contributed by atoms with E-state index in [4.69, 9.17) is 5.26 Å². The van der Waals surface area contributed by atoms with Crippen LogP contribution in [0.25, 0.3) is 0 Å². The lowest BCUT2D eigenvalue weighted by atomic mass is 10.2. The molecule has 0 heterocycles. The van der Waals surface area contributed by atoms with Crippen molar-refractivity contribution in [1.29, 1.82) is 5.26 Å². The second kappa shape index (κ2) is 5.55. The third-order valence-corrected chi connectivity index (χ3v) is 2.80. The maximum absolute atomic E-state index is 13.0. The van der Waals surface area contributed by atoms with Crippen LogP contribution < -0.4 is 5.32 Å². The van der Waals surface area contributed by atoms with E-state index < -0.39 is 5.82 Å². The highest BCUT2D eigenvalue weighted by Crippen LogP contribution is 2.16. The first-order chi connectivity index (χ1) is 9.10. The van der Waals surface area contributed by atoms with E-state index in [1.807, 2.05) is 6.07 Å². The van der Waals surface area contributed by atoms with Gasteiger partial charge in [-0.25, -0.2) is 4.39 Å².